The summed E-state index contributed by atoms with van der Waals surface area (Å²) in [4.78, 5) is 37.6. The third-order valence-corrected chi connectivity index (χ3v) is 8.68. The number of para-hydroxylation sites is 1. The molecule has 0 atom stereocenters. The van der Waals surface area contributed by atoms with E-state index in [4.69, 9.17) is 5.10 Å². The maximum atomic E-state index is 13.4. The Morgan fingerprint density at radius 3 is 2.39 bits per heavy atom. The predicted octanol–water partition coefficient (Wildman–Crippen LogP) is 7.47. The summed E-state index contributed by atoms with van der Waals surface area (Å²) in [5.41, 5.74) is 6.59. The number of benzene rings is 2. The van der Waals surface area contributed by atoms with Crippen LogP contribution < -0.4 is 10.6 Å². The van der Waals surface area contributed by atoms with Gasteiger partial charge in [-0.15, -0.1) is 0 Å². The lowest BCUT2D eigenvalue weighted by atomic mass is 9.89. The lowest BCUT2D eigenvalue weighted by molar-refractivity contribution is 0.0689. The van der Waals surface area contributed by atoms with Gasteiger partial charge in [-0.1, -0.05) is 56.7 Å². The Bertz CT molecular complexity index is 1880. The van der Waals surface area contributed by atoms with E-state index < -0.39 is 0 Å². The second-order valence-electron chi connectivity index (χ2n) is 13.3. The van der Waals surface area contributed by atoms with Gasteiger partial charge in [-0.05, 0) is 81.0 Å². The Balaban J connectivity index is 1.11. The first kappa shape index (κ1) is 31.0. The average Bonchev–Trinajstić information content (AvgIpc) is 3.46. The largest absolute Gasteiger partial charge is 0.339 e. The third kappa shape index (κ3) is 6.78. The summed E-state index contributed by atoms with van der Waals surface area (Å²) in [6.45, 7) is 11.6. The van der Waals surface area contributed by atoms with Gasteiger partial charge < -0.3 is 10.2 Å². The van der Waals surface area contributed by atoms with E-state index in [1.54, 1.807) is 10.9 Å². The second-order valence-corrected chi connectivity index (χ2v) is 13.3. The van der Waals surface area contributed by atoms with E-state index in [9.17, 15) is 9.59 Å². The Hall–Kier alpha value is -5.05. The average molecular weight is 616 g/mol. The second kappa shape index (κ2) is 12.7. The first-order valence-electron chi connectivity index (χ1n) is 15.9. The molecular formula is C37H41N7O2. The standard InChI is InChI=1S/C37H41N7O2/c1-24-12-14-29(15-13-24)44-33(23-32(42-44)37(3,4)5)41-36(46)40-31-11-7-6-9-27(31)21-26-16-19-43(20-17-26)35(45)30-22-28-10-8-18-38-34(28)39-25(30)2/h6-15,18,22-23,26H,16-17,19-21H2,1-5H3,(H2,40,41,46). The van der Waals surface area contributed by atoms with Gasteiger partial charge in [0.1, 0.15) is 5.82 Å². The highest BCUT2D eigenvalue weighted by Crippen LogP contribution is 2.29. The molecule has 3 amide bonds. The van der Waals surface area contributed by atoms with E-state index in [-0.39, 0.29) is 17.4 Å². The van der Waals surface area contributed by atoms with Gasteiger partial charge in [0, 0.05) is 41.8 Å². The van der Waals surface area contributed by atoms with Gasteiger partial charge in [0.25, 0.3) is 5.91 Å². The molecule has 9 nitrogen and oxygen atoms in total. The number of urea groups is 1. The molecule has 6 rings (SSSR count). The van der Waals surface area contributed by atoms with E-state index in [2.05, 4.69) is 47.4 Å². The molecule has 0 spiro atoms. The molecular weight excluding hydrogens is 574 g/mol. The summed E-state index contributed by atoms with van der Waals surface area (Å²) in [5.74, 6) is 1.02. The monoisotopic (exact) mass is 615 g/mol. The highest BCUT2D eigenvalue weighted by molar-refractivity contribution is 6.00. The summed E-state index contributed by atoms with van der Waals surface area (Å²) >= 11 is 0. The van der Waals surface area contributed by atoms with Gasteiger partial charge in [0.15, 0.2) is 5.65 Å². The van der Waals surface area contributed by atoms with E-state index in [0.717, 1.165) is 52.8 Å². The van der Waals surface area contributed by atoms with Crippen LogP contribution in [0.5, 0.6) is 0 Å². The third-order valence-electron chi connectivity index (χ3n) is 8.68. The number of amides is 3. The lowest BCUT2D eigenvalue weighted by Gasteiger charge is -2.32. The summed E-state index contributed by atoms with van der Waals surface area (Å²) in [6, 6.07) is 23.3. The van der Waals surface area contributed by atoms with Crippen LogP contribution in [-0.4, -0.2) is 49.7 Å². The number of nitrogens with one attached hydrogen (secondary N) is 2. The van der Waals surface area contributed by atoms with Crippen LogP contribution in [0.25, 0.3) is 16.7 Å². The molecule has 0 radical (unpaired) electrons. The zero-order chi connectivity index (χ0) is 32.4. The fraction of sp³-hybridized carbons (Fsp3) is 0.324. The van der Waals surface area contributed by atoms with E-state index >= 15 is 0 Å². The van der Waals surface area contributed by atoms with Crippen molar-refractivity contribution >= 4 is 34.5 Å². The van der Waals surface area contributed by atoms with Crippen LogP contribution in [0.4, 0.5) is 16.3 Å². The molecule has 2 aromatic carbocycles. The molecule has 236 valence electrons. The number of rotatable bonds is 6. The number of aryl methyl sites for hydroxylation is 2. The van der Waals surface area contributed by atoms with Crippen molar-refractivity contribution in [3.05, 3.63) is 107 Å². The number of nitrogens with zero attached hydrogens (tertiary/aromatic N) is 5. The van der Waals surface area contributed by atoms with Crippen molar-refractivity contribution in [2.24, 2.45) is 5.92 Å². The molecule has 5 aromatic rings. The maximum absolute atomic E-state index is 13.4. The predicted molar refractivity (Wildman–Crippen MR) is 183 cm³/mol. The Morgan fingerprint density at radius 1 is 0.913 bits per heavy atom. The van der Waals surface area contributed by atoms with Gasteiger partial charge in [0.2, 0.25) is 0 Å². The Kier molecular flexibility index (Phi) is 8.58. The van der Waals surface area contributed by atoms with E-state index in [1.165, 1.54) is 0 Å². The number of piperidine rings is 1. The van der Waals surface area contributed by atoms with Crippen molar-refractivity contribution in [3.8, 4) is 5.69 Å². The molecule has 0 unspecified atom stereocenters. The molecule has 1 fully saturated rings. The van der Waals surface area contributed by atoms with Crippen LogP contribution >= 0.6 is 0 Å². The van der Waals surface area contributed by atoms with Crippen LogP contribution in [0, 0.1) is 19.8 Å². The summed E-state index contributed by atoms with van der Waals surface area (Å²) < 4.78 is 1.78. The minimum atomic E-state index is -0.323. The van der Waals surface area contributed by atoms with Crippen molar-refractivity contribution in [1.82, 2.24) is 24.6 Å². The number of anilines is 2. The lowest BCUT2D eigenvalue weighted by Crippen LogP contribution is -2.39. The molecule has 3 aromatic heterocycles. The topological polar surface area (TPSA) is 105 Å². The summed E-state index contributed by atoms with van der Waals surface area (Å²) in [7, 11) is 0. The fourth-order valence-corrected chi connectivity index (χ4v) is 5.94. The number of carbonyl (C=O) groups is 2. The number of hydrogen-bond acceptors (Lipinski definition) is 5. The summed E-state index contributed by atoms with van der Waals surface area (Å²) in [5, 5.41) is 11.8. The van der Waals surface area contributed by atoms with Crippen LogP contribution in [0.15, 0.2) is 79.0 Å². The fourth-order valence-electron chi connectivity index (χ4n) is 5.94. The minimum absolute atomic E-state index is 0.0208. The van der Waals surface area contributed by atoms with Gasteiger partial charge in [-0.3, -0.25) is 10.1 Å². The quantitative estimate of drug-likeness (QED) is 0.206. The van der Waals surface area contributed by atoms with E-state index in [0.29, 0.717) is 41.7 Å². The number of hydrogen-bond donors (Lipinski definition) is 2. The first-order chi connectivity index (χ1) is 22.0. The van der Waals surface area contributed by atoms with Gasteiger partial charge >= 0.3 is 6.03 Å². The molecule has 0 bridgehead atoms. The number of carbonyl (C=O) groups excluding carboxylic acids is 2. The van der Waals surface area contributed by atoms with Crippen LogP contribution in [0.1, 0.15) is 66.5 Å². The number of pyridine rings is 2. The van der Waals surface area contributed by atoms with Crippen LogP contribution in [-0.2, 0) is 11.8 Å². The van der Waals surface area contributed by atoms with E-state index in [1.807, 2.05) is 85.5 Å². The molecule has 9 heteroatoms. The number of likely N-dealkylation sites (tertiary alicyclic amines) is 1. The molecule has 1 aliphatic heterocycles. The smallest absolute Gasteiger partial charge is 0.324 e. The van der Waals surface area contributed by atoms with Gasteiger partial charge in [0.05, 0.1) is 22.6 Å². The molecule has 1 saturated heterocycles. The van der Waals surface area contributed by atoms with Crippen molar-refractivity contribution in [3.63, 3.8) is 0 Å². The van der Waals surface area contributed by atoms with Crippen LogP contribution in [0.2, 0.25) is 0 Å². The van der Waals surface area contributed by atoms with Crippen molar-refractivity contribution < 1.29 is 9.59 Å². The molecule has 0 saturated carbocycles. The van der Waals surface area contributed by atoms with Crippen molar-refractivity contribution in [2.45, 2.75) is 59.3 Å². The molecule has 0 aliphatic carbocycles. The highest BCUT2D eigenvalue weighted by atomic mass is 16.2. The molecule has 1 aliphatic rings. The van der Waals surface area contributed by atoms with Crippen molar-refractivity contribution in [1.29, 1.82) is 0 Å². The van der Waals surface area contributed by atoms with Gasteiger partial charge in [-0.25, -0.2) is 19.4 Å². The first-order valence-corrected chi connectivity index (χ1v) is 15.9. The normalized spacial score (nSPS) is 14.0. The molecule has 2 N–H and O–H groups in total. The molecule has 46 heavy (non-hydrogen) atoms. The zero-order valence-corrected chi connectivity index (χ0v) is 27.2. The summed E-state index contributed by atoms with van der Waals surface area (Å²) in [6.07, 6.45) is 4.31. The minimum Gasteiger partial charge on any atom is -0.339 e. The Labute approximate surface area is 270 Å². The number of aromatic nitrogens is 4. The van der Waals surface area contributed by atoms with Crippen molar-refractivity contribution in [2.75, 3.05) is 23.7 Å². The van der Waals surface area contributed by atoms with Crippen LogP contribution in [0.3, 0.4) is 0 Å². The Morgan fingerprint density at radius 2 is 1.65 bits per heavy atom. The zero-order valence-electron chi connectivity index (χ0n) is 27.2. The highest BCUT2D eigenvalue weighted by Gasteiger charge is 2.26. The molecule has 4 heterocycles. The maximum Gasteiger partial charge on any atom is 0.324 e. The SMILES string of the molecule is Cc1ccc(-n2nc(C(C)(C)C)cc2NC(=O)Nc2ccccc2CC2CCN(C(=O)c3cc4cccnc4nc3C)CC2)cc1. The number of fused-ring (bicyclic) bond motifs is 1. The van der Waals surface area contributed by atoms with Gasteiger partial charge in [-0.2, -0.15) is 5.10 Å².